The minimum atomic E-state index is -0.369. The molecule has 2 aromatic rings. The van der Waals surface area contributed by atoms with E-state index in [0.29, 0.717) is 24.5 Å². The van der Waals surface area contributed by atoms with Crippen molar-refractivity contribution >= 4 is 17.3 Å². The zero-order valence-electron chi connectivity index (χ0n) is 14.5. The molecule has 9 heteroatoms. The Morgan fingerprint density at radius 1 is 1.19 bits per heavy atom. The van der Waals surface area contributed by atoms with Gasteiger partial charge in [0.2, 0.25) is 11.8 Å². The Kier molecular flexibility index (Phi) is 4.44. The van der Waals surface area contributed by atoms with Crippen LogP contribution in [0, 0.1) is 0 Å². The number of aromatic nitrogens is 4. The number of likely N-dealkylation sites (tertiary alicyclic amines) is 1. The van der Waals surface area contributed by atoms with E-state index in [9.17, 15) is 14.4 Å². The molecule has 4 rings (SSSR count). The van der Waals surface area contributed by atoms with Gasteiger partial charge in [0.05, 0.1) is 12.2 Å². The zero-order chi connectivity index (χ0) is 18.1. The van der Waals surface area contributed by atoms with Crippen molar-refractivity contribution in [1.29, 1.82) is 0 Å². The summed E-state index contributed by atoms with van der Waals surface area (Å²) in [6.07, 6.45) is 8.90. The molecule has 2 aliphatic rings. The second-order valence-electron chi connectivity index (χ2n) is 7.06. The average molecular weight is 358 g/mol. The molecule has 3 heterocycles. The van der Waals surface area contributed by atoms with E-state index in [4.69, 9.17) is 0 Å². The molecule has 1 atom stereocenters. The molecule has 26 heavy (non-hydrogen) atoms. The lowest BCUT2D eigenvalue weighted by atomic mass is 9.94. The molecular weight excluding hydrogens is 336 g/mol. The van der Waals surface area contributed by atoms with Gasteiger partial charge in [-0.1, -0.05) is 19.3 Å². The highest BCUT2D eigenvalue weighted by molar-refractivity contribution is 5.82. The van der Waals surface area contributed by atoms with Gasteiger partial charge < -0.3 is 10.2 Å². The van der Waals surface area contributed by atoms with Crippen LogP contribution in [0.1, 0.15) is 38.5 Å². The maximum absolute atomic E-state index is 12.3. The smallest absolute Gasteiger partial charge is 0.293 e. The summed E-state index contributed by atoms with van der Waals surface area (Å²) in [5.41, 5.74) is -0.00111. The van der Waals surface area contributed by atoms with Crippen molar-refractivity contribution in [2.45, 2.75) is 57.2 Å². The van der Waals surface area contributed by atoms with Crippen molar-refractivity contribution < 1.29 is 9.59 Å². The minimum absolute atomic E-state index is 0.109. The lowest BCUT2D eigenvalue weighted by Crippen LogP contribution is -2.43. The van der Waals surface area contributed by atoms with Crippen LogP contribution in [0.2, 0.25) is 0 Å². The van der Waals surface area contributed by atoms with Crippen molar-refractivity contribution in [3.8, 4) is 0 Å². The highest BCUT2D eigenvalue weighted by atomic mass is 16.2. The first-order valence-corrected chi connectivity index (χ1v) is 9.10. The molecule has 2 amide bonds. The third-order valence-electron chi connectivity index (χ3n) is 5.26. The quantitative estimate of drug-likeness (QED) is 0.825. The van der Waals surface area contributed by atoms with E-state index in [1.807, 2.05) is 4.90 Å². The molecular formula is C17H22N6O3. The van der Waals surface area contributed by atoms with Crippen LogP contribution in [0.25, 0.3) is 5.52 Å². The predicted molar refractivity (Wildman–Crippen MR) is 92.4 cm³/mol. The fourth-order valence-electron chi connectivity index (χ4n) is 3.97. The molecule has 0 bridgehead atoms. The minimum Gasteiger partial charge on any atom is -0.349 e. The van der Waals surface area contributed by atoms with Gasteiger partial charge in [-0.05, 0) is 18.9 Å². The Labute approximate surface area is 150 Å². The van der Waals surface area contributed by atoms with Crippen LogP contribution in [0.3, 0.4) is 0 Å². The topological polar surface area (TPSA) is 102 Å². The second kappa shape index (κ2) is 6.89. The van der Waals surface area contributed by atoms with E-state index >= 15 is 0 Å². The van der Waals surface area contributed by atoms with Gasteiger partial charge in [-0.25, -0.2) is 9.20 Å². The fraction of sp³-hybridized carbons (Fsp3) is 0.588. The molecule has 1 saturated heterocycles. The summed E-state index contributed by atoms with van der Waals surface area (Å²) in [5.74, 6) is -0.204. The van der Waals surface area contributed by atoms with E-state index < -0.39 is 0 Å². The van der Waals surface area contributed by atoms with E-state index in [0.717, 1.165) is 30.4 Å². The molecule has 0 radical (unpaired) electrons. The summed E-state index contributed by atoms with van der Waals surface area (Å²) in [6.45, 7) is 0.383. The third-order valence-corrected chi connectivity index (χ3v) is 5.26. The van der Waals surface area contributed by atoms with Crippen LogP contribution < -0.4 is 10.9 Å². The van der Waals surface area contributed by atoms with Crippen molar-refractivity contribution in [3.05, 3.63) is 28.9 Å². The number of hydrogen-bond donors (Lipinski definition) is 1. The lowest BCUT2D eigenvalue weighted by Gasteiger charge is -2.31. The average Bonchev–Trinajstić information content (AvgIpc) is 3.25. The van der Waals surface area contributed by atoms with Gasteiger partial charge in [0, 0.05) is 19.0 Å². The van der Waals surface area contributed by atoms with Crippen LogP contribution in [-0.4, -0.2) is 54.7 Å². The summed E-state index contributed by atoms with van der Waals surface area (Å²) in [6, 6.07) is 1.69. The maximum atomic E-state index is 12.3. The third kappa shape index (κ3) is 3.21. The normalized spacial score (nSPS) is 21.5. The Bertz CT molecular complexity index is 882. The molecule has 9 nitrogen and oxygen atoms in total. The molecule has 1 unspecified atom stereocenters. The molecule has 1 saturated carbocycles. The SMILES string of the molecule is O=C(Cn1ncn2nccc2c1=O)NC1CC(=O)N(C2CCCCC2)C1. The van der Waals surface area contributed by atoms with Gasteiger partial charge in [0.15, 0.2) is 0 Å². The van der Waals surface area contributed by atoms with Crippen molar-refractivity contribution in [2.24, 2.45) is 0 Å². The zero-order valence-corrected chi connectivity index (χ0v) is 14.5. The van der Waals surface area contributed by atoms with Crippen LogP contribution >= 0.6 is 0 Å². The molecule has 2 fully saturated rings. The highest BCUT2D eigenvalue weighted by Gasteiger charge is 2.35. The number of nitrogens with one attached hydrogen (secondary N) is 1. The summed E-state index contributed by atoms with van der Waals surface area (Å²) >= 11 is 0. The first kappa shape index (κ1) is 16.7. The van der Waals surface area contributed by atoms with Gasteiger partial charge in [0.1, 0.15) is 18.4 Å². The Morgan fingerprint density at radius 3 is 2.81 bits per heavy atom. The van der Waals surface area contributed by atoms with Gasteiger partial charge in [0.25, 0.3) is 5.56 Å². The molecule has 138 valence electrons. The summed E-state index contributed by atoms with van der Waals surface area (Å²) in [5, 5.41) is 10.8. The summed E-state index contributed by atoms with van der Waals surface area (Å²) in [4.78, 5) is 38.8. The molecule has 0 aromatic carbocycles. The number of nitrogens with zero attached hydrogens (tertiary/aromatic N) is 5. The van der Waals surface area contributed by atoms with Crippen LogP contribution in [-0.2, 0) is 16.1 Å². The largest absolute Gasteiger partial charge is 0.349 e. The van der Waals surface area contributed by atoms with Crippen LogP contribution in [0.15, 0.2) is 23.4 Å². The first-order valence-electron chi connectivity index (χ1n) is 9.10. The van der Waals surface area contributed by atoms with Crippen molar-refractivity contribution in [1.82, 2.24) is 29.6 Å². The molecule has 1 N–H and O–H groups in total. The second-order valence-corrected chi connectivity index (χ2v) is 7.06. The van der Waals surface area contributed by atoms with E-state index in [2.05, 4.69) is 15.5 Å². The monoisotopic (exact) mass is 358 g/mol. The first-order chi connectivity index (χ1) is 12.6. The van der Waals surface area contributed by atoms with Gasteiger partial charge in [-0.15, -0.1) is 0 Å². The number of fused-ring (bicyclic) bond motifs is 1. The van der Waals surface area contributed by atoms with E-state index in [-0.39, 0.29) is 30.0 Å². The Balaban J connectivity index is 1.38. The van der Waals surface area contributed by atoms with Crippen LogP contribution in [0.5, 0.6) is 0 Å². The highest BCUT2D eigenvalue weighted by Crippen LogP contribution is 2.26. The van der Waals surface area contributed by atoms with E-state index in [1.54, 1.807) is 6.07 Å². The molecule has 1 aliphatic carbocycles. The number of carbonyl (C=O) groups is 2. The standard InChI is InChI=1S/C17H22N6O3/c24-15(10-22-17(26)14-6-7-18-23(14)11-19-22)20-12-8-16(25)21(9-12)13-4-2-1-3-5-13/h6-7,11-13H,1-5,8-10H2,(H,20,24). The molecule has 0 spiro atoms. The number of hydrogen-bond acceptors (Lipinski definition) is 5. The Hall–Kier alpha value is -2.71. The maximum Gasteiger partial charge on any atom is 0.293 e. The van der Waals surface area contributed by atoms with Crippen molar-refractivity contribution in [3.63, 3.8) is 0 Å². The van der Waals surface area contributed by atoms with Gasteiger partial charge in [-0.3, -0.25) is 14.4 Å². The van der Waals surface area contributed by atoms with Crippen LogP contribution in [0.4, 0.5) is 0 Å². The number of rotatable bonds is 4. The van der Waals surface area contributed by atoms with E-state index in [1.165, 1.54) is 23.5 Å². The summed E-state index contributed by atoms with van der Waals surface area (Å²) < 4.78 is 2.48. The fourth-order valence-corrected chi connectivity index (χ4v) is 3.97. The molecule has 2 aromatic heterocycles. The number of carbonyl (C=O) groups excluding carboxylic acids is 2. The lowest BCUT2D eigenvalue weighted by molar-refractivity contribution is -0.130. The van der Waals surface area contributed by atoms with Gasteiger partial charge >= 0.3 is 0 Å². The molecule has 1 aliphatic heterocycles. The number of amides is 2. The summed E-state index contributed by atoms with van der Waals surface area (Å²) in [7, 11) is 0. The van der Waals surface area contributed by atoms with Crippen molar-refractivity contribution in [2.75, 3.05) is 6.54 Å². The van der Waals surface area contributed by atoms with Gasteiger partial charge in [-0.2, -0.15) is 10.2 Å². The Morgan fingerprint density at radius 2 is 2.00 bits per heavy atom. The predicted octanol–water partition coefficient (Wildman–Crippen LogP) is -0.0592.